The largest absolute Gasteiger partial charge is 0.490 e. The lowest BCUT2D eigenvalue weighted by molar-refractivity contribution is -0.0505. The highest BCUT2D eigenvalue weighted by molar-refractivity contribution is 7.72. The molecule has 2 aliphatic heterocycles. The molecule has 4 aromatic rings. The van der Waals surface area contributed by atoms with Gasteiger partial charge in [0.05, 0.1) is 38.5 Å². The first kappa shape index (κ1) is 48.6. The average Bonchev–Trinajstić information content (AvgIpc) is 3.86. The van der Waals surface area contributed by atoms with Crippen molar-refractivity contribution in [3.05, 3.63) is 34.6 Å². The molecule has 0 aliphatic carbocycles. The van der Waals surface area contributed by atoms with E-state index in [1.807, 2.05) is 0 Å². The van der Waals surface area contributed by atoms with Gasteiger partial charge in [-0.25, -0.2) is 47.3 Å². The lowest BCUT2D eigenvalue weighted by Gasteiger charge is -2.24. The van der Waals surface area contributed by atoms with E-state index in [1.165, 1.54) is 17.2 Å². The molecular weight excluding hydrogens is 1000 g/mol. The molecule has 0 saturated carbocycles. The summed E-state index contributed by atoms with van der Waals surface area (Å²) >= 11 is 10.1. The van der Waals surface area contributed by atoms with Crippen LogP contribution in [0.2, 0.25) is 0 Å². The summed E-state index contributed by atoms with van der Waals surface area (Å²) in [5.41, 5.74) is 0.359. The highest BCUT2D eigenvalue weighted by atomic mass is 32.1. The third-order valence-corrected chi connectivity index (χ3v) is 16.5. The van der Waals surface area contributed by atoms with Crippen LogP contribution < -0.4 is 0 Å². The monoisotopic (exact) mass is 1030 g/mol. The molecule has 6 heterocycles. The van der Waals surface area contributed by atoms with E-state index in [1.54, 1.807) is 0 Å². The van der Waals surface area contributed by atoms with Gasteiger partial charge in [0.1, 0.15) is 59.0 Å². The van der Waals surface area contributed by atoms with Crippen LogP contribution >= 0.6 is 71.4 Å². The second kappa shape index (κ2) is 17.9. The topological polar surface area (TPSA) is 481 Å². The molecule has 340 valence electrons. The Hall–Kier alpha value is -1.84. The fourth-order valence-corrected chi connectivity index (χ4v) is 12.7. The number of aliphatic hydroxyl groups excluding tert-OH is 3. The molecule has 33 nitrogen and oxygen atoms in total. The van der Waals surface area contributed by atoms with E-state index < -0.39 is 109 Å². The summed E-state index contributed by atoms with van der Waals surface area (Å²) in [5.74, 6) is 0. The van der Waals surface area contributed by atoms with E-state index in [2.05, 4.69) is 56.2 Å². The summed E-state index contributed by atoms with van der Waals surface area (Å²) in [7, 11) is -36.1. The fraction of sp³-hybridized carbons (Fsp3) is 0.500. The molecule has 4 aromatic heterocycles. The van der Waals surface area contributed by atoms with E-state index >= 15 is 0 Å². The molecule has 12 N–H and O–H groups in total. The number of aromatic nitrogens is 8. The number of phosphoric acid groups is 6. The minimum absolute atomic E-state index is 0.00672. The SMILES string of the molecule is O=P(O)(O)OP(=O)(O)OP(=O)(O)OC[C@H]1O[C@@H](n2cnc3c(=S)nc[nH]c32)[C@H](O)[C@@H]1OP(=O)(O)OP(=O)(O)OP(=O)(O)OC[C@H]1O[C@@H](n2cnc3c(=S)nc[nH]c32)[C@H](O)[C@@H]1O. The number of fused-ring (bicyclic) bond motifs is 2. The van der Waals surface area contributed by atoms with Gasteiger partial charge in [-0.3, -0.25) is 22.7 Å². The zero-order valence-corrected chi connectivity index (χ0v) is 36.1. The smallest absolute Gasteiger partial charge is 0.387 e. The Labute approximate surface area is 346 Å². The number of phosphoric ester groups is 3. The number of H-pyrrole nitrogens is 2. The molecule has 0 aromatic carbocycles. The molecular formula is C20H28N8O25P6S2. The van der Waals surface area contributed by atoms with Crippen LogP contribution in [0.5, 0.6) is 0 Å². The number of hydrogen-bond donors (Lipinski definition) is 12. The van der Waals surface area contributed by atoms with Gasteiger partial charge in [0.15, 0.2) is 21.7 Å². The molecule has 6 rings (SSSR count). The fourth-order valence-electron chi connectivity index (χ4n) is 5.55. The van der Waals surface area contributed by atoms with Crippen LogP contribution in [0.25, 0.3) is 22.3 Å². The summed E-state index contributed by atoms with van der Waals surface area (Å²) < 4.78 is 116. The molecule has 0 bridgehead atoms. The number of aliphatic hydroxyl groups is 3. The standard InChI is InChI=1S/C20H28N8O25P6S2/c29-11-7(47-19(12(11)30)27-5-25-9-15(27)21-3-23-17(9)60)1-45-55(35,36)52-59(43,44)53-57(39,40)49-14-8(2-46-56(37,38)51-58(41,42)50-54(32,33)34)48-20(13(14)31)28-6-26-10-16(28)22-4-24-18(10)61/h3-8,11-14,19-20,29-31H,1-2H2,(H,35,36)(H,37,38)(H,39,40)(H,41,42)(H,43,44)(H,21,23,60)(H,22,24,61)(H2,32,33,34)/t7-,8-,11-,12-,13-,14-,19-,20-/m1/s1. The van der Waals surface area contributed by atoms with Crippen molar-refractivity contribution < 1.29 is 117 Å². The van der Waals surface area contributed by atoms with Crippen molar-refractivity contribution in [2.24, 2.45) is 0 Å². The molecule has 2 aliphatic rings. The van der Waals surface area contributed by atoms with E-state index in [4.69, 9.17) is 48.2 Å². The van der Waals surface area contributed by atoms with Crippen molar-refractivity contribution in [1.82, 2.24) is 39.0 Å². The molecule has 2 saturated heterocycles. The van der Waals surface area contributed by atoms with Crippen LogP contribution in [0, 0.1) is 9.28 Å². The molecule has 2 fully saturated rings. The van der Waals surface area contributed by atoms with Crippen LogP contribution in [-0.2, 0) is 67.7 Å². The minimum atomic E-state index is -6.28. The van der Waals surface area contributed by atoms with Crippen LogP contribution in [0.4, 0.5) is 0 Å². The predicted molar refractivity (Wildman–Crippen MR) is 194 cm³/mol. The summed E-state index contributed by atoms with van der Waals surface area (Å²) in [6, 6.07) is 0. The number of aromatic amines is 2. The summed E-state index contributed by atoms with van der Waals surface area (Å²) in [4.78, 5) is 88.7. The maximum atomic E-state index is 13.1. The first-order valence-corrected chi connectivity index (χ1v) is 25.6. The molecule has 0 radical (unpaired) electrons. The number of nitrogens with one attached hydrogen (secondary N) is 2. The van der Waals surface area contributed by atoms with Gasteiger partial charge in [0.2, 0.25) is 0 Å². The van der Waals surface area contributed by atoms with Crippen molar-refractivity contribution in [2.45, 2.75) is 49.1 Å². The molecule has 13 atom stereocenters. The average molecular weight is 1030 g/mol. The molecule has 0 spiro atoms. The zero-order valence-electron chi connectivity index (χ0n) is 29.1. The summed E-state index contributed by atoms with van der Waals surface area (Å²) in [6.07, 6.45) is -10.7. The predicted octanol–water partition coefficient (Wildman–Crippen LogP) is -0.0516. The Kier molecular flexibility index (Phi) is 14.2. The van der Waals surface area contributed by atoms with Gasteiger partial charge in [-0.05, 0) is 0 Å². The van der Waals surface area contributed by atoms with Crippen LogP contribution in [0.1, 0.15) is 12.5 Å². The van der Waals surface area contributed by atoms with E-state index in [-0.39, 0.29) is 31.6 Å². The van der Waals surface area contributed by atoms with E-state index in [0.717, 1.165) is 17.2 Å². The quantitative estimate of drug-likeness (QED) is 0.0459. The summed E-state index contributed by atoms with van der Waals surface area (Å²) in [5, 5.41) is 32.3. The lowest BCUT2D eigenvalue weighted by Crippen LogP contribution is -2.36. The van der Waals surface area contributed by atoms with Crippen molar-refractivity contribution in [2.75, 3.05) is 13.2 Å². The number of rotatable bonds is 18. The van der Waals surface area contributed by atoms with Crippen LogP contribution in [0.15, 0.2) is 25.3 Å². The highest BCUT2D eigenvalue weighted by Gasteiger charge is 2.53. The Morgan fingerprint density at radius 1 is 0.590 bits per heavy atom. The van der Waals surface area contributed by atoms with Gasteiger partial charge in [-0.1, -0.05) is 24.4 Å². The first-order chi connectivity index (χ1) is 28.1. The Morgan fingerprint density at radius 3 is 1.51 bits per heavy atom. The second-order valence-corrected chi connectivity index (χ2v) is 21.8. The van der Waals surface area contributed by atoms with Crippen molar-refractivity contribution in [1.29, 1.82) is 0 Å². The maximum absolute atomic E-state index is 13.1. The molecule has 5 unspecified atom stereocenters. The summed E-state index contributed by atoms with van der Waals surface area (Å²) in [6.45, 7) is -2.60. The third-order valence-electron chi connectivity index (χ3n) is 7.84. The molecule has 61 heavy (non-hydrogen) atoms. The molecule has 41 heteroatoms. The molecule has 0 amide bonds. The maximum Gasteiger partial charge on any atom is 0.490 e. The van der Waals surface area contributed by atoms with Gasteiger partial charge >= 0.3 is 46.9 Å². The van der Waals surface area contributed by atoms with Crippen LogP contribution in [-0.4, -0.2) is 138 Å². The minimum Gasteiger partial charge on any atom is -0.387 e. The van der Waals surface area contributed by atoms with Crippen molar-refractivity contribution in [3.8, 4) is 0 Å². The number of hydrogen-bond acceptors (Lipinski definition) is 24. The van der Waals surface area contributed by atoms with Gasteiger partial charge < -0.3 is 69.0 Å². The highest BCUT2D eigenvalue weighted by Crippen LogP contribution is 2.69. The van der Waals surface area contributed by atoms with Crippen molar-refractivity contribution >= 4 is 93.7 Å². The first-order valence-electron chi connectivity index (χ1n) is 15.7. The van der Waals surface area contributed by atoms with Gasteiger partial charge in [-0.15, -0.1) is 0 Å². The van der Waals surface area contributed by atoms with Gasteiger partial charge in [0.25, 0.3) is 0 Å². The lowest BCUT2D eigenvalue weighted by atomic mass is 10.1. The Morgan fingerprint density at radius 2 is 1.02 bits per heavy atom. The van der Waals surface area contributed by atoms with Gasteiger partial charge in [0, 0.05) is 0 Å². The van der Waals surface area contributed by atoms with E-state index in [9.17, 15) is 67.2 Å². The van der Waals surface area contributed by atoms with Crippen molar-refractivity contribution in [3.63, 3.8) is 0 Å². The normalized spacial score (nSPS) is 29.8. The number of ether oxygens (including phenoxy) is 2. The van der Waals surface area contributed by atoms with E-state index in [0.29, 0.717) is 0 Å². The second-order valence-electron chi connectivity index (χ2n) is 12.0. The number of nitrogens with zero attached hydrogens (tertiary/aromatic N) is 6. The zero-order chi connectivity index (χ0) is 45.1. The number of imidazole rings is 2. The Bertz CT molecular complexity index is 2710. The third kappa shape index (κ3) is 11.7. The van der Waals surface area contributed by atoms with Crippen LogP contribution in [0.3, 0.4) is 0 Å². The Balaban J connectivity index is 1.14. The van der Waals surface area contributed by atoms with Gasteiger partial charge in [-0.2, -0.15) is 17.2 Å².